The lowest BCUT2D eigenvalue weighted by Crippen LogP contribution is -2.44. The molecule has 0 radical (unpaired) electrons. The van der Waals surface area contributed by atoms with Crippen LogP contribution in [0.2, 0.25) is 0 Å². The number of methoxy groups -OCH3 is 1. The van der Waals surface area contributed by atoms with Crippen LogP contribution in [0.15, 0.2) is 17.6 Å². The monoisotopic (exact) mass is 200 g/mol. The van der Waals surface area contributed by atoms with Gasteiger partial charge in [0.1, 0.15) is 12.4 Å². The van der Waals surface area contributed by atoms with Crippen molar-refractivity contribution in [1.82, 2.24) is 4.90 Å². The van der Waals surface area contributed by atoms with Crippen LogP contribution in [0.3, 0.4) is 0 Å². The first-order valence-electron chi connectivity index (χ1n) is 4.61. The highest BCUT2D eigenvalue weighted by molar-refractivity contribution is 5.70. The van der Waals surface area contributed by atoms with Gasteiger partial charge in [0.15, 0.2) is 0 Å². The fraction of sp³-hybridized carbons (Fsp3) is 0.700. The summed E-state index contributed by atoms with van der Waals surface area (Å²) in [7, 11) is 3.48. The first-order chi connectivity index (χ1) is 6.54. The van der Waals surface area contributed by atoms with Crippen molar-refractivity contribution in [3.05, 3.63) is 12.7 Å². The first kappa shape index (κ1) is 13.3. The van der Waals surface area contributed by atoms with Crippen molar-refractivity contribution in [2.45, 2.75) is 32.3 Å². The van der Waals surface area contributed by atoms with Crippen LogP contribution >= 0.6 is 0 Å². The van der Waals surface area contributed by atoms with Crippen LogP contribution in [-0.4, -0.2) is 48.9 Å². The largest absolute Gasteiger partial charge is 0.390 e. The van der Waals surface area contributed by atoms with Gasteiger partial charge >= 0.3 is 0 Å². The van der Waals surface area contributed by atoms with Gasteiger partial charge < -0.3 is 9.84 Å². The Labute approximate surface area is 85.9 Å². The molecule has 0 amide bonds. The lowest BCUT2D eigenvalue weighted by atomic mass is 10.3. The van der Waals surface area contributed by atoms with Gasteiger partial charge in [-0.05, 0) is 20.9 Å². The Morgan fingerprint density at radius 3 is 2.43 bits per heavy atom. The molecule has 0 fully saturated rings. The van der Waals surface area contributed by atoms with E-state index in [1.165, 1.54) is 0 Å². The van der Waals surface area contributed by atoms with Gasteiger partial charge in [0.2, 0.25) is 0 Å². The zero-order valence-corrected chi connectivity index (χ0v) is 9.34. The van der Waals surface area contributed by atoms with Crippen molar-refractivity contribution >= 4 is 6.21 Å². The van der Waals surface area contributed by atoms with Crippen molar-refractivity contribution in [2.75, 3.05) is 14.2 Å². The number of hydrogen-bond donors (Lipinski definition) is 1. The van der Waals surface area contributed by atoms with Crippen molar-refractivity contribution in [3.63, 3.8) is 0 Å². The molecule has 0 aromatic carbocycles. The van der Waals surface area contributed by atoms with Gasteiger partial charge in [-0.25, -0.2) is 0 Å². The minimum absolute atomic E-state index is 0.0865. The second-order valence-corrected chi connectivity index (χ2v) is 3.19. The van der Waals surface area contributed by atoms with E-state index in [1.807, 2.05) is 18.9 Å². The molecular weight excluding hydrogens is 180 g/mol. The summed E-state index contributed by atoms with van der Waals surface area (Å²) in [5, 5.41) is 9.51. The SMILES string of the molecule is C=CC=NC([C@@H](C)O)N(C)[C@@H](C)OC. The number of ether oxygens (including phenoxy) is 1. The van der Waals surface area contributed by atoms with E-state index in [0.717, 1.165) is 0 Å². The normalized spacial score (nSPS) is 18.4. The van der Waals surface area contributed by atoms with E-state index in [4.69, 9.17) is 4.74 Å². The molecule has 82 valence electrons. The highest BCUT2D eigenvalue weighted by Crippen LogP contribution is 2.08. The Morgan fingerprint density at radius 1 is 1.50 bits per heavy atom. The van der Waals surface area contributed by atoms with Crippen molar-refractivity contribution in [1.29, 1.82) is 0 Å². The fourth-order valence-corrected chi connectivity index (χ4v) is 1.10. The van der Waals surface area contributed by atoms with Crippen LogP contribution in [-0.2, 0) is 4.74 Å². The summed E-state index contributed by atoms with van der Waals surface area (Å²) in [6.45, 7) is 7.14. The molecule has 0 heterocycles. The molecule has 4 nitrogen and oxygen atoms in total. The van der Waals surface area contributed by atoms with E-state index >= 15 is 0 Å². The van der Waals surface area contributed by atoms with Gasteiger partial charge in [0.05, 0.1) is 6.10 Å². The summed E-state index contributed by atoms with van der Waals surface area (Å²) in [5.41, 5.74) is 0. The molecule has 1 N–H and O–H groups in total. The zero-order chi connectivity index (χ0) is 11.1. The molecule has 14 heavy (non-hydrogen) atoms. The van der Waals surface area contributed by atoms with Crippen molar-refractivity contribution in [2.24, 2.45) is 4.99 Å². The topological polar surface area (TPSA) is 45.1 Å². The van der Waals surface area contributed by atoms with Crippen LogP contribution in [0.5, 0.6) is 0 Å². The summed E-state index contributed by atoms with van der Waals surface area (Å²) in [4.78, 5) is 6.02. The second kappa shape index (κ2) is 6.70. The quantitative estimate of drug-likeness (QED) is 0.511. The molecule has 0 aromatic heterocycles. The number of nitrogens with zero attached hydrogens (tertiary/aromatic N) is 2. The molecule has 0 saturated carbocycles. The maximum atomic E-state index is 9.51. The molecule has 0 aliphatic carbocycles. The molecule has 0 saturated heterocycles. The molecule has 1 unspecified atom stereocenters. The molecule has 0 rings (SSSR count). The number of likely N-dealkylation sites (N-methyl/N-ethyl adjacent to an activating group) is 1. The number of rotatable bonds is 6. The molecular formula is C10H20N2O2. The third-order valence-electron chi connectivity index (χ3n) is 2.11. The molecule has 0 bridgehead atoms. The zero-order valence-electron chi connectivity index (χ0n) is 9.34. The lowest BCUT2D eigenvalue weighted by molar-refractivity contribution is -0.0524. The predicted molar refractivity (Wildman–Crippen MR) is 58.4 cm³/mol. The minimum atomic E-state index is -0.547. The molecule has 0 aliphatic heterocycles. The Balaban J connectivity index is 4.47. The van der Waals surface area contributed by atoms with Gasteiger partial charge in [-0.2, -0.15) is 0 Å². The van der Waals surface area contributed by atoms with Gasteiger partial charge in [0.25, 0.3) is 0 Å². The van der Waals surface area contributed by atoms with E-state index < -0.39 is 6.10 Å². The van der Waals surface area contributed by atoms with Crippen LogP contribution in [0, 0.1) is 0 Å². The Morgan fingerprint density at radius 2 is 2.07 bits per heavy atom. The minimum Gasteiger partial charge on any atom is -0.390 e. The molecule has 0 spiro atoms. The smallest absolute Gasteiger partial charge is 0.130 e. The first-order valence-corrected chi connectivity index (χ1v) is 4.61. The highest BCUT2D eigenvalue weighted by Gasteiger charge is 2.22. The molecule has 4 heteroatoms. The number of aliphatic imine (C=N–C) groups is 1. The second-order valence-electron chi connectivity index (χ2n) is 3.19. The highest BCUT2D eigenvalue weighted by atomic mass is 16.5. The third kappa shape index (κ3) is 4.00. The van der Waals surface area contributed by atoms with E-state index in [1.54, 1.807) is 26.3 Å². The van der Waals surface area contributed by atoms with Gasteiger partial charge in [-0.15, -0.1) is 0 Å². The average Bonchev–Trinajstić information content (AvgIpc) is 2.16. The number of aliphatic hydroxyl groups excluding tert-OH is 1. The molecule has 3 atom stereocenters. The van der Waals surface area contributed by atoms with Crippen LogP contribution in [0.25, 0.3) is 0 Å². The number of aliphatic hydroxyl groups is 1. The number of allylic oxidation sites excluding steroid dienone is 1. The summed E-state index contributed by atoms with van der Waals surface area (Å²) < 4.78 is 5.14. The summed E-state index contributed by atoms with van der Waals surface area (Å²) in [6, 6.07) is 0. The van der Waals surface area contributed by atoms with Crippen LogP contribution < -0.4 is 0 Å². The Hall–Kier alpha value is -0.710. The molecule has 0 aliphatic rings. The average molecular weight is 200 g/mol. The van der Waals surface area contributed by atoms with E-state index in [0.29, 0.717) is 0 Å². The Kier molecular flexibility index (Phi) is 6.36. The lowest BCUT2D eigenvalue weighted by Gasteiger charge is -2.31. The van der Waals surface area contributed by atoms with E-state index in [2.05, 4.69) is 11.6 Å². The van der Waals surface area contributed by atoms with Crippen LogP contribution in [0.1, 0.15) is 13.8 Å². The Bertz CT molecular complexity index is 193. The van der Waals surface area contributed by atoms with Crippen LogP contribution in [0.4, 0.5) is 0 Å². The van der Waals surface area contributed by atoms with Gasteiger partial charge in [0, 0.05) is 13.3 Å². The fourth-order valence-electron chi connectivity index (χ4n) is 1.10. The maximum Gasteiger partial charge on any atom is 0.130 e. The summed E-state index contributed by atoms with van der Waals surface area (Å²) in [5.74, 6) is 0. The summed E-state index contributed by atoms with van der Waals surface area (Å²) >= 11 is 0. The third-order valence-corrected chi connectivity index (χ3v) is 2.11. The van der Waals surface area contributed by atoms with Gasteiger partial charge in [-0.3, -0.25) is 9.89 Å². The molecule has 0 aromatic rings. The van der Waals surface area contributed by atoms with E-state index in [9.17, 15) is 5.11 Å². The number of hydrogen-bond acceptors (Lipinski definition) is 4. The standard InChI is InChI=1S/C10H20N2O2/c1-6-7-11-10(8(2)13)12(4)9(3)14-5/h6-10,13H,1H2,2-5H3/t8-,9-,10?/m1/s1. The summed E-state index contributed by atoms with van der Waals surface area (Å²) in [6.07, 6.45) is 2.23. The maximum absolute atomic E-state index is 9.51. The van der Waals surface area contributed by atoms with E-state index in [-0.39, 0.29) is 12.4 Å². The predicted octanol–water partition coefficient (Wildman–Crippen LogP) is 0.874. The van der Waals surface area contributed by atoms with Crippen molar-refractivity contribution < 1.29 is 9.84 Å². The van der Waals surface area contributed by atoms with Gasteiger partial charge in [-0.1, -0.05) is 12.7 Å². The van der Waals surface area contributed by atoms with Crippen molar-refractivity contribution in [3.8, 4) is 0 Å².